The van der Waals surface area contributed by atoms with Gasteiger partial charge in [-0.15, -0.1) is 0 Å². The van der Waals surface area contributed by atoms with Crippen molar-refractivity contribution >= 4 is 11.5 Å². The molecular weight excluding hydrogens is 214 g/mol. The largest absolute Gasteiger partial charge is 0.472 e. The number of rotatable bonds is 3. The first-order chi connectivity index (χ1) is 8.34. The number of hydrogen-bond acceptors (Lipinski definition) is 3. The molecule has 0 aliphatic carbocycles. The Balaban J connectivity index is 1.78. The number of hydrogen-bond donors (Lipinski definition) is 1. The summed E-state index contributed by atoms with van der Waals surface area (Å²) in [5.74, 6) is 0.413. The molecule has 0 radical (unpaired) electrons. The van der Waals surface area contributed by atoms with E-state index in [1.807, 2.05) is 12.1 Å². The van der Waals surface area contributed by atoms with Crippen LogP contribution in [0.25, 0.3) is 0 Å². The molecule has 1 aromatic carbocycles. The van der Waals surface area contributed by atoms with Crippen LogP contribution in [0.3, 0.4) is 0 Å². The lowest BCUT2D eigenvalue weighted by Gasteiger charge is -2.07. The van der Waals surface area contributed by atoms with Crippen molar-refractivity contribution < 1.29 is 9.21 Å². The molecule has 3 heteroatoms. The summed E-state index contributed by atoms with van der Waals surface area (Å²) in [7, 11) is 0. The van der Waals surface area contributed by atoms with Gasteiger partial charge in [0.1, 0.15) is 6.26 Å². The highest BCUT2D eigenvalue weighted by Crippen LogP contribution is 2.33. The van der Waals surface area contributed by atoms with Crippen molar-refractivity contribution in [1.29, 1.82) is 0 Å². The van der Waals surface area contributed by atoms with Gasteiger partial charge in [0.2, 0.25) is 0 Å². The molecule has 1 atom stereocenters. The van der Waals surface area contributed by atoms with Gasteiger partial charge in [0.25, 0.3) is 0 Å². The lowest BCUT2D eigenvalue weighted by atomic mass is 9.94. The molecule has 1 aliphatic heterocycles. The normalized spacial score (nSPS) is 17.5. The fraction of sp³-hybridized carbons (Fsp3) is 0.214. The number of carbonyl (C=O) groups excluding carboxylic acids is 1. The third kappa shape index (κ3) is 1.84. The minimum atomic E-state index is 0.141. The topological polar surface area (TPSA) is 42.2 Å². The van der Waals surface area contributed by atoms with Crippen molar-refractivity contribution in [3.05, 3.63) is 54.0 Å². The van der Waals surface area contributed by atoms with E-state index < -0.39 is 0 Å². The summed E-state index contributed by atoms with van der Waals surface area (Å²) >= 11 is 0. The molecule has 3 nitrogen and oxygen atoms in total. The Labute approximate surface area is 99.4 Å². The van der Waals surface area contributed by atoms with E-state index in [0.29, 0.717) is 12.0 Å². The standard InChI is InChI=1S/C14H13NO2/c16-14(10-5-6-17-9-10)7-11-8-15-13-4-2-1-3-12(11)13/h1-6,9,11,15H,7-8H2. The molecule has 86 valence electrons. The van der Waals surface area contributed by atoms with Gasteiger partial charge in [0.15, 0.2) is 5.78 Å². The molecular formula is C14H13NO2. The SMILES string of the molecule is O=C(CC1CNc2ccccc21)c1ccoc1. The van der Waals surface area contributed by atoms with Gasteiger partial charge in [-0.1, -0.05) is 18.2 Å². The van der Waals surface area contributed by atoms with Crippen molar-refractivity contribution in [2.24, 2.45) is 0 Å². The van der Waals surface area contributed by atoms with E-state index in [2.05, 4.69) is 17.4 Å². The van der Waals surface area contributed by atoms with E-state index in [0.717, 1.165) is 12.2 Å². The highest BCUT2D eigenvalue weighted by molar-refractivity contribution is 5.96. The second kappa shape index (κ2) is 4.09. The number of furan rings is 1. The van der Waals surface area contributed by atoms with Crippen molar-refractivity contribution in [2.75, 3.05) is 11.9 Å². The summed E-state index contributed by atoms with van der Waals surface area (Å²) in [6, 6.07) is 9.88. The zero-order valence-electron chi connectivity index (χ0n) is 9.35. The first-order valence-corrected chi connectivity index (χ1v) is 5.73. The minimum Gasteiger partial charge on any atom is -0.472 e. The second-order valence-corrected chi connectivity index (χ2v) is 4.30. The quantitative estimate of drug-likeness (QED) is 0.819. The smallest absolute Gasteiger partial charge is 0.166 e. The van der Waals surface area contributed by atoms with Crippen LogP contribution in [0.2, 0.25) is 0 Å². The Morgan fingerprint density at radius 3 is 3.06 bits per heavy atom. The highest BCUT2D eigenvalue weighted by Gasteiger charge is 2.24. The van der Waals surface area contributed by atoms with E-state index in [9.17, 15) is 4.79 Å². The average Bonchev–Trinajstić information content (AvgIpc) is 2.98. The Bertz CT molecular complexity index is 531. The monoisotopic (exact) mass is 227 g/mol. The van der Waals surface area contributed by atoms with Gasteiger partial charge in [0, 0.05) is 24.6 Å². The van der Waals surface area contributed by atoms with Crippen LogP contribution in [-0.2, 0) is 0 Å². The molecule has 0 fully saturated rings. The number of ketones is 1. The number of carbonyl (C=O) groups is 1. The number of fused-ring (bicyclic) bond motifs is 1. The van der Waals surface area contributed by atoms with Crippen molar-refractivity contribution in [3.8, 4) is 0 Å². The number of anilines is 1. The van der Waals surface area contributed by atoms with Crippen LogP contribution >= 0.6 is 0 Å². The van der Waals surface area contributed by atoms with E-state index in [-0.39, 0.29) is 11.7 Å². The van der Waals surface area contributed by atoms with Gasteiger partial charge in [-0.05, 0) is 17.7 Å². The third-order valence-corrected chi connectivity index (χ3v) is 3.21. The van der Waals surface area contributed by atoms with Gasteiger partial charge in [-0.3, -0.25) is 4.79 Å². The molecule has 1 aliphatic rings. The summed E-state index contributed by atoms with van der Waals surface area (Å²) in [4.78, 5) is 12.0. The van der Waals surface area contributed by atoms with Crippen LogP contribution in [0.15, 0.2) is 47.3 Å². The van der Waals surface area contributed by atoms with Crippen molar-refractivity contribution in [1.82, 2.24) is 0 Å². The Morgan fingerprint density at radius 1 is 1.35 bits per heavy atom. The number of Topliss-reactive ketones (excluding diaryl/α,β-unsaturated/α-hetero) is 1. The molecule has 3 rings (SSSR count). The van der Waals surface area contributed by atoms with Crippen molar-refractivity contribution in [3.63, 3.8) is 0 Å². The van der Waals surface area contributed by atoms with Gasteiger partial charge in [0.05, 0.1) is 11.8 Å². The maximum absolute atomic E-state index is 12.0. The molecule has 0 amide bonds. The third-order valence-electron chi connectivity index (χ3n) is 3.21. The van der Waals surface area contributed by atoms with Crippen LogP contribution in [0.5, 0.6) is 0 Å². The molecule has 2 heterocycles. The fourth-order valence-electron chi connectivity index (χ4n) is 2.30. The zero-order valence-corrected chi connectivity index (χ0v) is 9.35. The lowest BCUT2D eigenvalue weighted by Crippen LogP contribution is -2.08. The summed E-state index contributed by atoms with van der Waals surface area (Å²) < 4.78 is 4.93. The predicted molar refractivity (Wildman–Crippen MR) is 65.3 cm³/mol. The van der Waals surface area contributed by atoms with Crippen LogP contribution < -0.4 is 5.32 Å². The summed E-state index contributed by atoms with van der Waals surface area (Å²) in [6.07, 6.45) is 3.58. The highest BCUT2D eigenvalue weighted by atomic mass is 16.3. The zero-order chi connectivity index (χ0) is 11.7. The van der Waals surface area contributed by atoms with Gasteiger partial charge >= 0.3 is 0 Å². The first-order valence-electron chi connectivity index (χ1n) is 5.73. The Hall–Kier alpha value is -2.03. The molecule has 0 saturated heterocycles. The maximum Gasteiger partial charge on any atom is 0.166 e. The predicted octanol–water partition coefficient (Wildman–Crippen LogP) is 3.06. The summed E-state index contributed by atoms with van der Waals surface area (Å²) in [5.41, 5.74) is 3.05. The van der Waals surface area contributed by atoms with Crippen LogP contribution in [0, 0.1) is 0 Å². The Kier molecular flexibility index (Phi) is 2.44. The van der Waals surface area contributed by atoms with Crippen LogP contribution in [0.1, 0.15) is 28.3 Å². The number of nitrogens with one attached hydrogen (secondary N) is 1. The lowest BCUT2D eigenvalue weighted by molar-refractivity contribution is 0.0975. The Morgan fingerprint density at radius 2 is 2.24 bits per heavy atom. The van der Waals surface area contributed by atoms with Crippen LogP contribution in [0.4, 0.5) is 5.69 Å². The number of benzene rings is 1. The van der Waals surface area contributed by atoms with E-state index in [1.165, 1.54) is 18.1 Å². The minimum absolute atomic E-state index is 0.141. The van der Waals surface area contributed by atoms with Crippen molar-refractivity contribution in [2.45, 2.75) is 12.3 Å². The molecule has 0 bridgehead atoms. The summed E-state index contributed by atoms with van der Waals surface area (Å²) in [6.45, 7) is 0.836. The average molecular weight is 227 g/mol. The van der Waals surface area contributed by atoms with Crippen LogP contribution in [-0.4, -0.2) is 12.3 Å². The molecule has 17 heavy (non-hydrogen) atoms. The van der Waals surface area contributed by atoms with E-state index >= 15 is 0 Å². The molecule has 1 unspecified atom stereocenters. The molecule has 0 saturated carbocycles. The van der Waals surface area contributed by atoms with Gasteiger partial charge < -0.3 is 9.73 Å². The molecule has 1 N–H and O–H groups in total. The second-order valence-electron chi connectivity index (χ2n) is 4.30. The van der Waals surface area contributed by atoms with Gasteiger partial charge in [-0.2, -0.15) is 0 Å². The van der Waals surface area contributed by atoms with Gasteiger partial charge in [-0.25, -0.2) is 0 Å². The van der Waals surface area contributed by atoms with E-state index in [4.69, 9.17) is 4.42 Å². The molecule has 1 aromatic heterocycles. The maximum atomic E-state index is 12.0. The first kappa shape index (κ1) is 10.1. The molecule has 0 spiro atoms. The summed E-state index contributed by atoms with van der Waals surface area (Å²) in [5, 5.41) is 3.33. The fourth-order valence-corrected chi connectivity index (χ4v) is 2.30. The molecule has 2 aromatic rings. The van der Waals surface area contributed by atoms with E-state index in [1.54, 1.807) is 6.07 Å². The number of para-hydroxylation sites is 1.